The van der Waals surface area contributed by atoms with E-state index in [0.717, 1.165) is 11.4 Å². The highest BCUT2D eigenvalue weighted by Crippen LogP contribution is 2.24. The van der Waals surface area contributed by atoms with Gasteiger partial charge < -0.3 is 10.5 Å². The lowest BCUT2D eigenvalue weighted by Crippen LogP contribution is -2.17. The molecular weight excluding hydrogens is 295 g/mol. The van der Waals surface area contributed by atoms with Crippen molar-refractivity contribution in [2.75, 3.05) is 13.2 Å². The molecule has 5 nitrogen and oxygen atoms in total. The van der Waals surface area contributed by atoms with Gasteiger partial charge in [-0.3, -0.25) is 4.68 Å². The molecular formula is C17H23FN4O. The van der Waals surface area contributed by atoms with Gasteiger partial charge in [0, 0.05) is 30.1 Å². The molecule has 0 aliphatic rings. The third-order valence-corrected chi connectivity index (χ3v) is 3.39. The predicted molar refractivity (Wildman–Crippen MR) is 88.9 cm³/mol. The SMILES string of the molecule is Cn1nc(-c2ccc(OC/C(=C/F)CN)cc2)nc1C(C)(C)C. The molecule has 0 radical (unpaired) electrons. The molecule has 1 heterocycles. The summed E-state index contributed by atoms with van der Waals surface area (Å²) in [6.45, 7) is 6.59. The van der Waals surface area contributed by atoms with E-state index in [0.29, 0.717) is 23.5 Å². The first-order chi connectivity index (χ1) is 10.8. The standard InChI is InChI=1S/C17H23FN4O/c1-17(2,3)16-20-15(21-22(16)4)13-5-7-14(8-6-13)23-11-12(9-18)10-19/h5-9H,10-11,19H2,1-4H3/b12-9+. The van der Waals surface area contributed by atoms with Crippen molar-refractivity contribution in [3.05, 3.63) is 42.0 Å². The molecule has 2 aromatic rings. The number of hydrogen-bond donors (Lipinski definition) is 1. The molecule has 0 spiro atoms. The summed E-state index contributed by atoms with van der Waals surface area (Å²) in [5, 5.41) is 4.47. The van der Waals surface area contributed by atoms with Gasteiger partial charge in [-0.1, -0.05) is 20.8 Å². The van der Waals surface area contributed by atoms with E-state index in [9.17, 15) is 4.39 Å². The van der Waals surface area contributed by atoms with Gasteiger partial charge in [0.2, 0.25) is 0 Å². The lowest BCUT2D eigenvalue weighted by molar-refractivity contribution is 0.347. The monoisotopic (exact) mass is 318 g/mol. The summed E-state index contributed by atoms with van der Waals surface area (Å²) < 4.78 is 19.7. The summed E-state index contributed by atoms with van der Waals surface area (Å²) in [5.41, 5.74) is 6.64. The lowest BCUT2D eigenvalue weighted by Gasteiger charge is -2.15. The smallest absolute Gasteiger partial charge is 0.181 e. The Morgan fingerprint density at radius 2 is 1.96 bits per heavy atom. The van der Waals surface area contributed by atoms with E-state index in [1.54, 1.807) is 4.68 Å². The highest BCUT2D eigenvalue weighted by Gasteiger charge is 2.21. The van der Waals surface area contributed by atoms with Crippen molar-refractivity contribution in [3.8, 4) is 17.1 Å². The Morgan fingerprint density at radius 1 is 1.30 bits per heavy atom. The fourth-order valence-electron chi connectivity index (χ4n) is 2.17. The zero-order valence-corrected chi connectivity index (χ0v) is 14.0. The largest absolute Gasteiger partial charge is 0.489 e. The van der Waals surface area contributed by atoms with Gasteiger partial charge in [0.1, 0.15) is 18.2 Å². The number of benzene rings is 1. The molecule has 0 amide bonds. The third-order valence-electron chi connectivity index (χ3n) is 3.39. The van der Waals surface area contributed by atoms with Crippen LogP contribution in [0.4, 0.5) is 4.39 Å². The molecule has 0 saturated carbocycles. The third kappa shape index (κ3) is 4.16. The van der Waals surface area contributed by atoms with Crippen molar-refractivity contribution < 1.29 is 9.13 Å². The number of ether oxygens (including phenoxy) is 1. The van der Waals surface area contributed by atoms with E-state index in [-0.39, 0.29) is 18.6 Å². The van der Waals surface area contributed by atoms with E-state index in [4.69, 9.17) is 10.5 Å². The fraction of sp³-hybridized carbons (Fsp3) is 0.412. The Hall–Kier alpha value is -2.21. The van der Waals surface area contributed by atoms with E-state index in [2.05, 4.69) is 30.9 Å². The van der Waals surface area contributed by atoms with Crippen LogP contribution in [-0.2, 0) is 12.5 Å². The molecule has 6 heteroatoms. The second kappa shape index (κ2) is 6.91. The average molecular weight is 318 g/mol. The van der Waals surface area contributed by atoms with Gasteiger partial charge in [0.15, 0.2) is 5.82 Å². The first-order valence-electron chi connectivity index (χ1n) is 7.48. The van der Waals surface area contributed by atoms with Crippen LogP contribution >= 0.6 is 0 Å². The second-order valence-electron chi connectivity index (χ2n) is 6.42. The molecule has 0 aliphatic carbocycles. The van der Waals surface area contributed by atoms with Crippen molar-refractivity contribution in [1.82, 2.24) is 14.8 Å². The van der Waals surface area contributed by atoms with Crippen LogP contribution in [0.25, 0.3) is 11.4 Å². The van der Waals surface area contributed by atoms with Crippen LogP contribution in [0.15, 0.2) is 36.2 Å². The van der Waals surface area contributed by atoms with Gasteiger partial charge in [0.25, 0.3) is 0 Å². The normalized spacial score (nSPS) is 12.5. The van der Waals surface area contributed by atoms with E-state index in [1.165, 1.54) is 0 Å². The van der Waals surface area contributed by atoms with Crippen LogP contribution < -0.4 is 10.5 Å². The zero-order valence-electron chi connectivity index (χ0n) is 14.0. The fourth-order valence-corrected chi connectivity index (χ4v) is 2.17. The van der Waals surface area contributed by atoms with Crippen LogP contribution in [0.3, 0.4) is 0 Å². The number of nitrogens with zero attached hydrogens (tertiary/aromatic N) is 3. The predicted octanol–water partition coefficient (Wildman–Crippen LogP) is 2.97. The minimum absolute atomic E-state index is 0.0691. The van der Waals surface area contributed by atoms with Crippen molar-refractivity contribution in [2.24, 2.45) is 12.8 Å². The van der Waals surface area contributed by atoms with Crippen LogP contribution in [0, 0.1) is 0 Å². The average Bonchev–Trinajstić information content (AvgIpc) is 2.91. The topological polar surface area (TPSA) is 66.0 Å². The van der Waals surface area contributed by atoms with Crippen molar-refractivity contribution in [3.63, 3.8) is 0 Å². The van der Waals surface area contributed by atoms with E-state index >= 15 is 0 Å². The second-order valence-corrected chi connectivity index (χ2v) is 6.42. The Balaban J connectivity index is 2.14. The summed E-state index contributed by atoms with van der Waals surface area (Å²) in [5.74, 6) is 2.25. The minimum atomic E-state index is -0.0691. The molecule has 124 valence electrons. The molecule has 1 aromatic carbocycles. The summed E-state index contributed by atoms with van der Waals surface area (Å²) in [4.78, 5) is 4.62. The molecule has 23 heavy (non-hydrogen) atoms. The maximum atomic E-state index is 12.4. The van der Waals surface area contributed by atoms with Crippen LogP contribution in [-0.4, -0.2) is 27.9 Å². The van der Waals surface area contributed by atoms with Gasteiger partial charge >= 0.3 is 0 Å². The number of nitrogens with two attached hydrogens (primary N) is 1. The number of aromatic nitrogens is 3. The van der Waals surface area contributed by atoms with Crippen molar-refractivity contribution >= 4 is 0 Å². The Kier molecular flexibility index (Phi) is 5.15. The van der Waals surface area contributed by atoms with Crippen molar-refractivity contribution in [1.29, 1.82) is 0 Å². The minimum Gasteiger partial charge on any atom is -0.489 e. The van der Waals surface area contributed by atoms with Gasteiger partial charge in [-0.2, -0.15) is 5.10 Å². The summed E-state index contributed by atoms with van der Waals surface area (Å²) >= 11 is 0. The van der Waals surface area contributed by atoms with Crippen LogP contribution in [0.5, 0.6) is 5.75 Å². The van der Waals surface area contributed by atoms with Crippen LogP contribution in [0.1, 0.15) is 26.6 Å². The molecule has 0 unspecified atom stereocenters. The molecule has 1 aromatic heterocycles. The Bertz CT molecular complexity index is 684. The highest BCUT2D eigenvalue weighted by molar-refractivity contribution is 5.56. The Morgan fingerprint density at radius 3 is 2.43 bits per heavy atom. The summed E-state index contributed by atoms with van der Waals surface area (Å²) in [6.07, 6.45) is 0.486. The summed E-state index contributed by atoms with van der Waals surface area (Å²) in [7, 11) is 1.90. The van der Waals surface area contributed by atoms with E-state index in [1.807, 2.05) is 31.3 Å². The number of aryl methyl sites for hydroxylation is 1. The quantitative estimate of drug-likeness (QED) is 0.920. The van der Waals surface area contributed by atoms with Gasteiger partial charge in [0.05, 0.1) is 6.33 Å². The van der Waals surface area contributed by atoms with Gasteiger partial charge in [-0.05, 0) is 24.3 Å². The molecule has 0 saturated heterocycles. The maximum absolute atomic E-state index is 12.4. The number of rotatable bonds is 5. The molecule has 0 fully saturated rings. The maximum Gasteiger partial charge on any atom is 0.181 e. The van der Waals surface area contributed by atoms with Gasteiger partial charge in [-0.15, -0.1) is 0 Å². The summed E-state index contributed by atoms with van der Waals surface area (Å²) in [6, 6.07) is 7.40. The van der Waals surface area contributed by atoms with Gasteiger partial charge in [-0.25, -0.2) is 9.37 Å². The van der Waals surface area contributed by atoms with E-state index < -0.39 is 0 Å². The lowest BCUT2D eigenvalue weighted by atomic mass is 9.96. The molecule has 2 rings (SSSR count). The first kappa shape index (κ1) is 17.1. The Labute approximate surface area is 136 Å². The molecule has 0 bridgehead atoms. The molecule has 0 aliphatic heterocycles. The molecule has 2 N–H and O–H groups in total. The number of hydrogen-bond acceptors (Lipinski definition) is 4. The van der Waals surface area contributed by atoms with Crippen molar-refractivity contribution in [2.45, 2.75) is 26.2 Å². The zero-order chi connectivity index (χ0) is 17.0. The van der Waals surface area contributed by atoms with Crippen LogP contribution in [0.2, 0.25) is 0 Å². The molecule has 0 atom stereocenters. The highest BCUT2D eigenvalue weighted by atomic mass is 19.1. The first-order valence-corrected chi connectivity index (χ1v) is 7.48. The number of halogens is 1.